The molecule has 0 aliphatic carbocycles. The average molecular weight is 620 g/mol. The van der Waals surface area contributed by atoms with Gasteiger partial charge in [-0.25, -0.2) is 14.5 Å². The lowest BCUT2D eigenvalue weighted by atomic mass is 9.92. The molecule has 12 heteroatoms. The van der Waals surface area contributed by atoms with Crippen LogP contribution in [0.1, 0.15) is 53.6 Å². The van der Waals surface area contributed by atoms with Crippen LogP contribution in [0.2, 0.25) is 0 Å². The van der Waals surface area contributed by atoms with Gasteiger partial charge in [0.25, 0.3) is 5.91 Å². The van der Waals surface area contributed by atoms with Crippen LogP contribution in [0.3, 0.4) is 0 Å². The van der Waals surface area contributed by atoms with Crippen LogP contribution in [0.25, 0.3) is 5.69 Å². The van der Waals surface area contributed by atoms with E-state index in [1.807, 2.05) is 42.2 Å². The Morgan fingerprint density at radius 2 is 1.53 bits per heavy atom. The molecular formula is C33H36F3N7O2. The summed E-state index contributed by atoms with van der Waals surface area (Å²) in [6.45, 7) is 11.6. The number of anilines is 3. The Kier molecular flexibility index (Phi) is 8.59. The first-order chi connectivity index (χ1) is 21.2. The van der Waals surface area contributed by atoms with E-state index >= 15 is 0 Å². The lowest BCUT2D eigenvalue weighted by Crippen LogP contribution is -2.49. The highest BCUT2D eigenvalue weighted by atomic mass is 19.4. The zero-order chi connectivity index (χ0) is 32.5. The molecule has 5 rings (SSSR count). The number of pyridine rings is 1. The number of aromatic nitrogens is 3. The van der Waals surface area contributed by atoms with Crippen LogP contribution in [0.5, 0.6) is 0 Å². The Hall–Kier alpha value is -4.87. The number of nitrogens with one attached hydrogen (secondary N) is 2. The second-order valence-corrected chi connectivity index (χ2v) is 12.2. The number of urea groups is 1. The fourth-order valence-corrected chi connectivity index (χ4v) is 5.00. The number of alkyl halides is 3. The topological polar surface area (TPSA) is 95.4 Å². The van der Waals surface area contributed by atoms with Gasteiger partial charge in [0.1, 0.15) is 11.6 Å². The van der Waals surface area contributed by atoms with E-state index in [1.54, 1.807) is 28.6 Å². The van der Waals surface area contributed by atoms with E-state index < -0.39 is 23.7 Å². The Morgan fingerprint density at radius 3 is 2.16 bits per heavy atom. The predicted octanol–water partition coefficient (Wildman–Crippen LogP) is 6.81. The molecule has 2 aromatic heterocycles. The predicted molar refractivity (Wildman–Crippen MR) is 168 cm³/mol. The van der Waals surface area contributed by atoms with Crippen LogP contribution < -0.4 is 15.5 Å². The van der Waals surface area contributed by atoms with E-state index in [-0.39, 0.29) is 11.0 Å². The number of halogens is 3. The minimum Gasteiger partial charge on any atom is -0.353 e. The fraction of sp³-hybridized carbons (Fsp3) is 0.333. The van der Waals surface area contributed by atoms with Gasteiger partial charge in [0.2, 0.25) is 0 Å². The summed E-state index contributed by atoms with van der Waals surface area (Å²) in [5.74, 6) is 0.770. The largest absolute Gasteiger partial charge is 0.416 e. The first-order valence-electron chi connectivity index (χ1n) is 14.6. The minimum absolute atomic E-state index is 0.0116. The summed E-state index contributed by atoms with van der Waals surface area (Å²) in [7, 11) is 0. The first kappa shape index (κ1) is 31.6. The average Bonchev–Trinajstić information content (AvgIpc) is 3.42. The molecule has 1 fully saturated rings. The van der Waals surface area contributed by atoms with E-state index in [4.69, 9.17) is 5.10 Å². The molecule has 3 amide bonds. The highest BCUT2D eigenvalue weighted by Gasteiger charge is 2.32. The second kappa shape index (κ2) is 12.3. The number of hydrogen-bond acceptors (Lipinski definition) is 5. The van der Waals surface area contributed by atoms with Crippen molar-refractivity contribution in [1.29, 1.82) is 0 Å². The third-order valence-corrected chi connectivity index (χ3v) is 7.64. The highest BCUT2D eigenvalue weighted by Crippen LogP contribution is 2.30. The van der Waals surface area contributed by atoms with E-state index in [1.165, 1.54) is 12.1 Å². The molecule has 3 heterocycles. The Balaban J connectivity index is 1.23. The number of aryl methyl sites for hydroxylation is 2. The lowest BCUT2D eigenvalue weighted by Gasteiger charge is -2.35. The fourth-order valence-electron chi connectivity index (χ4n) is 5.00. The lowest BCUT2D eigenvalue weighted by molar-refractivity contribution is -0.137. The Bertz CT molecular complexity index is 1700. The van der Waals surface area contributed by atoms with Gasteiger partial charge in [0, 0.05) is 43.2 Å². The SMILES string of the molecule is Cc1ccc(-n2nc(C(C)(C)C)cc2NC(=O)Nc2ccc(N3CCN(C(=O)c4cccc(C(F)(F)F)c4)CC3)nc2C)cc1. The maximum Gasteiger partial charge on any atom is 0.416 e. The molecule has 2 N–H and O–H groups in total. The molecule has 0 unspecified atom stereocenters. The normalized spacial score (nSPS) is 14.0. The van der Waals surface area contributed by atoms with Crippen molar-refractivity contribution in [3.63, 3.8) is 0 Å². The molecule has 0 bridgehead atoms. The smallest absolute Gasteiger partial charge is 0.353 e. The maximum atomic E-state index is 13.1. The molecule has 236 valence electrons. The van der Waals surface area contributed by atoms with Gasteiger partial charge >= 0.3 is 12.2 Å². The second-order valence-electron chi connectivity index (χ2n) is 12.2. The van der Waals surface area contributed by atoms with E-state index in [0.717, 1.165) is 29.1 Å². The van der Waals surface area contributed by atoms with Crippen molar-refractivity contribution >= 4 is 29.3 Å². The third kappa shape index (κ3) is 7.27. The molecule has 0 spiro atoms. The zero-order valence-electron chi connectivity index (χ0n) is 25.9. The highest BCUT2D eigenvalue weighted by molar-refractivity contribution is 6.00. The van der Waals surface area contributed by atoms with Crippen LogP contribution in [-0.4, -0.2) is 57.8 Å². The Morgan fingerprint density at radius 1 is 0.844 bits per heavy atom. The van der Waals surface area contributed by atoms with Gasteiger partial charge in [-0.05, 0) is 56.3 Å². The van der Waals surface area contributed by atoms with Gasteiger partial charge in [-0.2, -0.15) is 18.3 Å². The number of rotatable bonds is 5. The summed E-state index contributed by atoms with van der Waals surface area (Å²) >= 11 is 0. The monoisotopic (exact) mass is 619 g/mol. The molecule has 0 atom stereocenters. The van der Waals surface area contributed by atoms with Crippen LogP contribution >= 0.6 is 0 Å². The summed E-state index contributed by atoms with van der Waals surface area (Å²) in [5, 5.41) is 10.6. The quantitative estimate of drug-likeness (QED) is 0.256. The van der Waals surface area contributed by atoms with Crippen LogP contribution in [0, 0.1) is 13.8 Å². The van der Waals surface area contributed by atoms with Crippen molar-refractivity contribution in [2.45, 2.75) is 46.2 Å². The first-order valence-corrected chi connectivity index (χ1v) is 14.6. The molecule has 9 nitrogen and oxygen atoms in total. The molecule has 45 heavy (non-hydrogen) atoms. The molecule has 0 radical (unpaired) electrons. The van der Waals surface area contributed by atoms with Crippen molar-refractivity contribution in [2.75, 3.05) is 41.7 Å². The summed E-state index contributed by atoms with van der Waals surface area (Å²) in [4.78, 5) is 34.2. The van der Waals surface area contributed by atoms with Gasteiger partial charge < -0.3 is 15.1 Å². The third-order valence-electron chi connectivity index (χ3n) is 7.64. The molecular weight excluding hydrogens is 583 g/mol. The summed E-state index contributed by atoms with van der Waals surface area (Å²) in [5.41, 5.74) is 2.85. The summed E-state index contributed by atoms with van der Waals surface area (Å²) in [6, 6.07) is 17.4. The number of benzene rings is 2. The van der Waals surface area contributed by atoms with Crippen molar-refractivity contribution in [1.82, 2.24) is 19.7 Å². The molecule has 4 aromatic rings. The number of piperazine rings is 1. The van der Waals surface area contributed by atoms with E-state index in [0.29, 0.717) is 49.2 Å². The summed E-state index contributed by atoms with van der Waals surface area (Å²) < 4.78 is 41.0. The maximum absolute atomic E-state index is 13.1. The molecule has 1 aliphatic heterocycles. The van der Waals surface area contributed by atoms with Crippen LogP contribution in [-0.2, 0) is 11.6 Å². The number of hydrogen-bond donors (Lipinski definition) is 2. The van der Waals surface area contributed by atoms with Gasteiger partial charge in [-0.15, -0.1) is 0 Å². The molecule has 1 aliphatic rings. The van der Waals surface area contributed by atoms with Crippen LogP contribution in [0.15, 0.2) is 66.7 Å². The zero-order valence-corrected chi connectivity index (χ0v) is 25.9. The molecule has 1 saturated heterocycles. The Labute approximate surface area is 260 Å². The minimum atomic E-state index is -4.51. The number of carbonyl (C=O) groups is 2. The van der Waals surface area contributed by atoms with Crippen molar-refractivity contribution in [3.05, 3.63) is 94.8 Å². The van der Waals surface area contributed by atoms with E-state index in [2.05, 4.69) is 36.4 Å². The standard InChI is InChI=1S/C33H36F3N7O2/c1-21-9-11-25(12-10-21)43-29(20-27(40-43)32(3,4)5)39-31(45)38-26-13-14-28(37-22(26)2)41-15-17-42(18-16-41)30(44)23-7-6-8-24(19-23)33(34,35)36/h6-14,19-20H,15-18H2,1-5H3,(H2,38,39,45). The van der Waals surface area contributed by atoms with E-state index in [9.17, 15) is 22.8 Å². The van der Waals surface area contributed by atoms with Gasteiger partial charge in [-0.1, -0.05) is 44.5 Å². The molecule has 0 saturated carbocycles. The van der Waals surface area contributed by atoms with Gasteiger partial charge in [0.05, 0.1) is 28.3 Å². The van der Waals surface area contributed by atoms with Gasteiger partial charge in [-0.3, -0.25) is 10.1 Å². The number of carbonyl (C=O) groups excluding carboxylic acids is 2. The number of nitrogens with zero attached hydrogens (tertiary/aromatic N) is 5. The van der Waals surface area contributed by atoms with Crippen molar-refractivity contribution in [3.8, 4) is 5.69 Å². The summed E-state index contributed by atoms with van der Waals surface area (Å²) in [6.07, 6.45) is -4.51. The van der Waals surface area contributed by atoms with Crippen molar-refractivity contribution < 1.29 is 22.8 Å². The van der Waals surface area contributed by atoms with Gasteiger partial charge in [0.15, 0.2) is 0 Å². The number of amides is 3. The molecule has 2 aromatic carbocycles. The van der Waals surface area contributed by atoms with Crippen LogP contribution in [0.4, 0.5) is 35.3 Å². The van der Waals surface area contributed by atoms with Crippen molar-refractivity contribution in [2.24, 2.45) is 0 Å².